The first-order valence-electron chi connectivity index (χ1n) is 8.21. The lowest BCUT2D eigenvalue weighted by Crippen LogP contribution is -2.39. The Morgan fingerprint density at radius 3 is 2.56 bits per heavy atom. The van der Waals surface area contributed by atoms with Gasteiger partial charge in [-0.05, 0) is 51.1 Å². The second kappa shape index (κ2) is 8.86. The molecule has 1 N–H and O–H groups in total. The normalized spacial score (nSPS) is 11.6. The van der Waals surface area contributed by atoms with Crippen molar-refractivity contribution in [3.63, 3.8) is 0 Å². The van der Waals surface area contributed by atoms with Crippen molar-refractivity contribution in [3.8, 4) is 11.5 Å². The lowest BCUT2D eigenvalue weighted by molar-refractivity contribution is -0.127. The minimum Gasteiger partial charge on any atom is -0.494 e. The lowest BCUT2D eigenvalue weighted by atomic mass is 10.3. The highest BCUT2D eigenvalue weighted by Crippen LogP contribution is 2.18. The van der Waals surface area contributed by atoms with E-state index in [4.69, 9.17) is 9.47 Å². The molecule has 7 nitrogen and oxygen atoms in total. The van der Waals surface area contributed by atoms with E-state index in [-0.39, 0.29) is 11.5 Å². The summed E-state index contributed by atoms with van der Waals surface area (Å²) in [5.41, 5.74) is 0.552. The van der Waals surface area contributed by atoms with E-state index in [0.717, 1.165) is 11.4 Å². The third-order valence-electron chi connectivity index (χ3n) is 3.44. The summed E-state index contributed by atoms with van der Waals surface area (Å²) < 4.78 is 12.3. The van der Waals surface area contributed by atoms with Crippen molar-refractivity contribution in [3.05, 3.63) is 52.4 Å². The van der Waals surface area contributed by atoms with Crippen molar-refractivity contribution in [2.45, 2.75) is 33.4 Å². The molecule has 0 spiro atoms. The third-order valence-corrected chi connectivity index (χ3v) is 3.44. The monoisotopic (exact) mass is 345 g/mol. The molecule has 0 fully saturated rings. The summed E-state index contributed by atoms with van der Waals surface area (Å²) >= 11 is 0. The number of ether oxygens (including phenoxy) is 2. The Labute approximate surface area is 146 Å². The van der Waals surface area contributed by atoms with Crippen LogP contribution in [0.3, 0.4) is 0 Å². The smallest absolute Gasteiger partial charge is 0.266 e. The maximum absolute atomic E-state index is 12.1. The Bertz CT molecular complexity index is 756. The van der Waals surface area contributed by atoms with Crippen LogP contribution >= 0.6 is 0 Å². The number of carbonyl (C=O) groups excluding carboxylic acids is 1. The number of aromatic nitrogens is 2. The quantitative estimate of drug-likeness (QED) is 0.785. The number of hydrogen-bond acceptors (Lipinski definition) is 5. The SMILES string of the molecule is CCOc1ccc(OC(C)C(=O)NCCn2nc(C)ccc2=O)cc1. The summed E-state index contributed by atoms with van der Waals surface area (Å²) in [5.74, 6) is 1.08. The molecule has 1 unspecified atom stereocenters. The van der Waals surface area contributed by atoms with E-state index in [9.17, 15) is 9.59 Å². The Morgan fingerprint density at radius 2 is 1.88 bits per heavy atom. The molecule has 0 saturated carbocycles. The van der Waals surface area contributed by atoms with Gasteiger partial charge in [0.1, 0.15) is 11.5 Å². The van der Waals surface area contributed by atoms with Crippen molar-refractivity contribution >= 4 is 5.91 Å². The molecule has 7 heteroatoms. The van der Waals surface area contributed by atoms with Gasteiger partial charge in [0.2, 0.25) is 0 Å². The Morgan fingerprint density at radius 1 is 1.20 bits per heavy atom. The van der Waals surface area contributed by atoms with Crippen LogP contribution in [0.2, 0.25) is 0 Å². The topological polar surface area (TPSA) is 82.4 Å². The van der Waals surface area contributed by atoms with Gasteiger partial charge in [0.05, 0.1) is 18.8 Å². The molecule has 1 atom stereocenters. The van der Waals surface area contributed by atoms with Crippen LogP contribution in [0.15, 0.2) is 41.2 Å². The van der Waals surface area contributed by atoms with Gasteiger partial charge in [-0.3, -0.25) is 9.59 Å². The fourth-order valence-electron chi connectivity index (χ4n) is 2.18. The molecule has 2 rings (SSSR count). The van der Waals surface area contributed by atoms with E-state index in [1.165, 1.54) is 10.7 Å². The van der Waals surface area contributed by atoms with E-state index in [1.807, 2.05) is 6.92 Å². The number of rotatable bonds is 8. The molecule has 25 heavy (non-hydrogen) atoms. The van der Waals surface area contributed by atoms with Gasteiger partial charge in [-0.1, -0.05) is 0 Å². The Hall–Kier alpha value is -2.83. The van der Waals surface area contributed by atoms with Crippen molar-refractivity contribution in [1.82, 2.24) is 15.1 Å². The Balaban J connectivity index is 1.81. The van der Waals surface area contributed by atoms with Crippen LogP contribution in [0, 0.1) is 6.92 Å². The number of benzene rings is 1. The molecular formula is C18H23N3O4. The van der Waals surface area contributed by atoms with Crippen LogP contribution < -0.4 is 20.3 Å². The molecule has 2 aromatic rings. The minimum absolute atomic E-state index is 0.196. The predicted molar refractivity (Wildman–Crippen MR) is 93.9 cm³/mol. The lowest BCUT2D eigenvalue weighted by Gasteiger charge is -2.15. The van der Waals surface area contributed by atoms with E-state index in [2.05, 4.69) is 10.4 Å². The molecule has 1 aromatic carbocycles. The molecule has 0 aliphatic rings. The van der Waals surface area contributed by atoms with Crippen LogP contribution in [-0.4, -0.2) is 34.9 Å². The fraction of sp³-hybridized carbons (Fsp3) is 0.389. The van der Waals surface area contributed by atoms with E-state index in [1.54, 1.807) is 44.2 Å². The average molecular weight is 345 g/mol. The van der Waals surface area contributed by atoms with Crippen LogP contribution in [-0.2, 0) is 11.3 Å². The summed E-state index contributed by atoms with van der Waals surface area (Å²) in [7, 11) is 0. The van der Waals surface area contributed by atoms with Gasteiger partial charge >= 0.3 is 0 Å². The molecule has 0 saturated heterocycles. The number of aryl methyl sites for hydroxylation is 1. The third kappa shape index (κ3) is 5.63. The number of nitrogens with zero attached hydrogens (tertiary/aromatic N) is 2. The first-order valence-corrected chi connectivity index (χ1v) is 8.21. The van der Waals surface area contributed by atoms with Crippen molar-refractivity contribution < 1.29 is 14.3 Å². The van der Waals surface area contributed by atoms with Gasteiger partial charge in [0, 0.05) is 12.6 Å². The number of carbonyl (C=O) groups is 1. The highest BCUT2D eigenvalue weighted by atomic mass is 16.5. The average Bonchev–Trinajstić information content (AvgIpc) is 2.59. The number of nitrogens with one attached hydrogen (secondary N) is 1. The molecule has 1 aromatic heterocycles. The second-order valence-electron chi connectivity index (χ2n) is 5.49. The molecular weight excluding hydrogens is 322 g/mol. The maximum Gasteiger partial charge on any atom is 0.266 e. The van der Waals surface area contributed by atoms with Crippen LogP contribution in [0.25, 0.3) is 0 Å². The van der Waals surface area contributed by atoms with Gasteiger partial charge in [0.25, 0.3) is 11.5 Å². The molecule has 0 radical (unpaired) electrons. The summed E-state index contributed by atoms with van der Waals surface area (Å²) in [6, 6.07) is 10.2. The van der Waals surface area contributed by atoms with Gasteiger partial charge in [0.15, 0.2) is 6.10 Å². The molecule has 1 amide bonds. The van der Waals surface area contributed by atoms with E-state index < -0.39 is 6.10 Å². The zero-order valence-electron chi connectivity index (χ0n) is 14.7. The standard InChI is InChI=1S/C18H23N3O4/c1-4-24-15-6-8-16(9-7-15)25-14(3)18(23)19-11-12-21-17(22)10-5-13(2)20-21/h5-10,14H,4,11-12H2,1-3H3,(H,19,23). The predicted octanol–water partition coefficient (Wildman–Crippen LogP) is 1.53. The Kier molecular flexibility index (Phi) is 6.56. The zero-order valence-corrected chi connectivity index (χ0v) is 14.7. The largest absolute Gasteiger partial charge is 0.494 e. The summed E-state index contributed by atoms with van der Waals surface area (Å²) in [5, 5.41) is 6.86. The first kappa shape index (κ1) is 18.5. The summed E-state index contributed by atoms with van der Waals surface area (Å²) in [6.45, 7) is 6.59. The number of hydrogen-bond donors (Lipinski definition) is 1. The van der Waals surface area contributed by atoms with Crippen LogP contribution in [0.5, 0.6) is 11.5 Å². The summed E-state index contributed by atoms with van der Waals surface area (Å²) in [6.07, 6.45) is -0.653. The molecule has 0 bridgehead atoms. The van der Waals surface area contributed by atoms with Crippen LogP contribution in [0.1, 0.15) is 19.5 Å². The van der Waals surface area contributed by atoms with Crippen molar-refractivity contribution in [2.24, 2.45) is 0 Å². The number of amides is 1. The van der Waals surface area contributed by atoms with Gasteiger partial charge in [-0.15, -0.1) is 0 Å². The summed E-state index contributed by atoms with van der Waals surface area (Å²) in [4.78, 5) is 23.7. The van der Waals surface area contributed by atoms with E-state index in [0.29, 0.717) is 25.4 Å². The first-order chi connectivity index (χ1) is 12.0. The highest BCUT2D eigenvalue weighted by molar-refractivity contribution is 5.80. The fourth-order valence-corrected chi connectivity index (χ4v) is 2.18. The molecule has 0 aliphatic carbocycles. The van der Waals surface area contributed by atoms with Crippen molar-refractivity contribution in [1.29, 1.82) is 0 Å². The second-order valence-corrected chi connectivity index (χ2v) is 5.49. The van der Waals surface area contributed by atoms with Gasteiger partial charge in [-0.2, -0.15) is 5.10 Å². The maximum atomic E-state index is 12.1. The van der Waals surface area contributed by atoms with Crippen molar-refractivity contribution in [2.75, 3.05) is 13.2 Å². The molecule has 134 valence electrons. The van der Waals surface area contributed by atoms with Crippen LogP contribution in [0.4, 0.5) is 0 Å². The van der Waals surface area contributed by atoms with Gasteiger partial charge < -0.3 is 14.8 Å². The molecule has 1 heterocycles. The highest BCUT2D eigenvalue weighted by Gasteiger charge is 2.14. The minimum atomic E-state index is -0.653. The van der Waals surface area contributed by atoms with E-state index >= 15 is 0 Å². The zero-order chi connectivity index (χ0) is 18.2. The van der Waals surface area contributed by atoms with Gasteiger partial charge in [-0.25, -0.2) is 4.68 Å². The molecule has 0 aliphatic heterocycles.